The van der Waals surface area contributed by atoms with Crippen LogP contribution < -0.4 is 10.2 Å². The monoisotopic (exact) mass is 325 g/mol. The van der Waals surface area contributed by atoms with Crippen LogP contribution in [0.15, 0.2) is 42.7 Å². The molecule has 3 rings (SSSR count). The number of nitrogens with one attached hydrogen (secondary N) is 1. The van der Waals surface area contributed by atoms with E-state index in [1.54, 1.807) is 29.4 Å². The molecule has 0 bridgehead atoms. The van der Waals surface area contributed by atoms with Gasteiger partial charge in [0.2, 0.25) is 5.95 Å². The molecule has 1 N–H and O–H groups in total. The van der Waals surface area contributed by atoms with Gasteiger partial charge < -0.3 is 15.1 Å². The van der Waals surface area contributed by atoms with E-state index in [9.17, 15) is 9.59 Å². The summed E-state index contributed by atoms with van der Waals surface area (Å²) < 4.78 is 0. The predicted molar refractivity (Wildman–Crippen MR) is 90.6 cm³/mol. The highest BCUT2D eigenvalue weighted by Crippen LogP contribution is 2.12. The third kappa shape index (κ3) is 3.68. The molecular formula is C17H19N5O2. The van der Waals surface area contributed by atoms with Gasteiger partial charge in [0.1, 0.15) is 0 Å². The predicted octanol–water partition coefficient (Wildman–Crippen LogP) is 1.07. The van der Waals surface area contributed by atoms with E-state index in [1.807, 2.05) is 30.0 Å². The number of nitrogens with zero attached hydrogens (tertiary/aromatic N) is 4. The molecule has 0 aliphatic carbocycles. The van der Waals surface area contributed by atoms with Crippen LogP contribution in [0.3, 0.4) is 0 Å². The highest BCUT2D eigenvalue weighted by atomic mass is 16.2. The first-order chi connectivity index (χ1) is 11.6. The van der Waals surface area contributed by atoms with Crippen LogP contribution in [0.5, 0.6) is 0 Å². The van der Waals surface area contributed by atoms with Crippen molar-refractivity contribution in [3.05, 3.63) is 48.3 Å². The maximum absolute atomic E-state index is 12.3. The van der Waals surface area contributed by atoms with E-state index in [-0.39, 0.29) is 0 Å². The lowest BCUT2D eigenvalue weighted by atomic mass is 10.2. The Kier molecular flexibility index (Phi) is 4.69. The number of hydrogen-bond acceptors (Lipinski definition) is 5. The second-order valence-corrected chi connectivity index (χ2v) is 5.65. The summed E-state index contributed by atoms with van der Waals surface area (Å²) in [7, 11) is 0. The number of piperazine rings is 1. The molecule has 1 fully saturated rings. The summed E-state index contributed by atoms with van der Waals surface area (Å²) in [6, 6.07) is 9.13. The highest BCUT2D eigenvalue weighted by molar-refractivity contribution is 6.39. The summed E-state index contributed by atoms with van der Waals surface area (Å²) in [5.74, 6) is -0.469. The molecule has 1 aromatic heterocycles. The Morgan fingerprint density at radius 3 is 2.42 bits per heavy atom. The number of carbonyl (C=O) groups excluding carboxylic acids is 2. The van der Waals surface area contributed by atoms with E-state index in [2.05, 4.69) is 15.3 Å². The zero-order valence-electron chi connectivity index (χ0n) is 13.5. The molecule has 2 heterocycles. The Bertz CT molecular complexity index is 727. The zero-order chi connectivity index (χ0) is 16.9. The number of hydrogen-bond donors (Lipinski definition) is 1. The van der Waals surface area contributed by atoms with Crippen molar-refractivity contribution < 1.29 is 9.59 Å². The maximum atomic E-state index is 12.3. The van der Waals surface area contributed by atoms with Gasteiger partial charge in [-0.1, -0.05) is 12.1 Å². The fourth-order valence-corrected chi connectivity index (χ4v) is 2.62. The van der Waals surface area contributed by atoms with Crippen molar-refractivity contribution in [2.45, 2.75) is 6.92 Å². The van der Waals surface area contributed by atoms with E-state index in [0.717, 1.165) is 5.56 Å². The van der Waals surface area contributed by atoms with E-state index in [4.69, 9.17) is 0 Å². The van der Waals surface area contributed by atoms with Gasteiger partial charge in [0.15, 0.2) is 0 Å². The van der Waals surface area contributed by atoms with Crippen LogP contribution in [0.4, 0.5) is 11.6 Å². The SMILES string of the molecule is Cc1cccc(NC(=O)C(=O)N2CCN(c3ncccn3)CC2)c1. The Hall–Kier alpha value is -2.96. The van der Waals surface area contributed by atoms with E-state index >= 15 is 0 Å². The smallest absolute Gasteiger partial charge is 0.313 e. The fourth-order valence-electron chi connectivity index (χ4n) is 2.62. The molecule has 7 heteroatoms. The third-order valence-corrected chi connectivity index (χ3v) is 3.87. The Morgan fingerprint density at radius 1 is 1.04 bits per heavy atom. The molecule has 1 aliphatic rings. The number of carbonyl (C=O) groups is 2. The lowest BCUT2D eigenvalue weighted by Gasteiger charge is -2.34. The lowest BCUT2D eigenvalue weighted by Crippen LogP contribution is -2.52. The van der Waals surface area contributed by atoms with Gasteiger partial charge in [0.25, 0.3) is 0 Å². The first kappa shape index (κ1) is 15.9. The molecule has 2 aromatic rings. The molecule has 1 saturated heterocycles. The minimum Gasteiger partial charge on any atom is -0.337 e. The molecule has 2 amide bonds. The van der Waals surface area contributed by atoms with Gasteiger partial charge in [0, 0.05) is 44.3 Å². The van der Waals surface area contributed by atoms with Gasteiger partial charge in [0.05, 0.1) is 0 Å². The lowest BCUT2D eigenvalue weighted by molar-refractivity contribution is -0.143. The molecule has 1 aromatic carbocycles. The summed E-state index contributed by atoms with van der Waals surface area (Å²) in [6.07, 6.45) is 3.38. The topological polar surface area (TPSA) is 78.4 Å². The molecule has 7 nitrogen and oxygen atoms in total. The largest absolute Gasteiger partial charge is 0.337 e. The van der Waals surface area contributed by atoms with Crippen molar-refractivity contribution in [3.8, 4) is 0 Å². The van der Waals surface area contributed by atoms with Gasteiger partial charge >= 0.3 is 11.8 Å². The van der Waals surface area contributed by atoms with Crippen LogP contribution >= 0.6 is 0 Å². The summed E-state index contributed by atoms with van der Waals surface area (Å²) >= 11 is 0. The summed E-state index contributed by atoms with van der Waals surface area (Å²) in [6.45, 7) is 4.08. The number of anilines is 2. The van der Waals surface area contributed by atoms with Gasteiger partial charge in [-0.3, -0.25) is 9.59 Å². The van der Waals surface area contributed by atoms with Gasteiger partial charge in [-0.2, -0.15) is 0 Å². The van der Waals surface area contributed by atoms with Gasteiger partial charge in [-0.05, 0) is 30.7 Å². The fraction of sp³-hybridized carbons (Fsp3) is 0.294. The molecule has 0 unspecified atom stereocenters. The third-order valence-electron chi connectivity index (χ3n) is 3.87. The number of aromatic nitrogens is 2. The van der Waals surface area contributed by atoms with Crippen molar-refractivity contribution in [1.29, 1.82) is 0 Å². The van der Waals surface area contributed by atoms with Crippen molar-refractivity contribution in [3.63, 3.8) is 0 Å². The van der Waals surface area contributed by atoms with E-state index < -0.39 is 11.8 Å². The molecule has 0 radical (unpaired) electrons. The second-order valence-electron chi connectivity index (χ2n) is 5.65. The summed E-state index contributed by atoms with van der Waals surface area (Å²) in [5, 5.41) is 2.65. The first-order valence-electron chi connectivity index (χ1n) is 7.82. The quantitative estimate of drug-likeness (QED) is 0.836. The van der Waals surface area contributed by atoms with Crippen molar-refractivity contribution >= 4 is 23.5 Å². The maximum Gasteiger partial charge on any atom is 0.313 e. The molecule has 0 spiro atoms. The number of rotatable bonds is 2. The molecule has 1 aliphatic heterocycles. The Labute approximate surface area is 140 Å². The normalized spacial score (nSPS) is 14.4. The number of amides is 2. The number of aryl methyl sites for hydroxylation is 1. The average Bonchev–Trinajstić information content (AvgIpc) is 2.62. The minimum atomic E-state index is -0.606. The van der Waals surface area contributed by atoms with Crippen LogP contribution in [-0.4, -0.2) is 52.9 Å². The van der Waals surface area contributed by atoms with Gasteiger partial charge in [-0.15, -0.1) is 0 Å². The first-order valence-corrected chi connectivity index (χ1v) is 7.82. The van der Waals surface area contributed by atoms with E-state index in [1.165, 1.54) is 0 Å². The Balaban J connectivity index is 1.56. The molecular weight excluding hydrogens is 306 g/mol. The van der Waals surface area contributed by atoms with Crippen molar-refractivity contribution in [2.24, 2.45) is 0 Å². The van der Waals surface area contributed by atoms with Crippen molar-refractivity contribution in [2.75, 3.05) is 36.4 Å². The molecule has 124 valence electrons. The molecule has 24 heavy (non-hydrogen) atoms. The Morgan fingerprint density at radius 2 is 1.75 bits per heavy atom. The standard InChI is InChI=1S/C17H19N5O2/c1-13-4-2-5-14(12-13)20-15(23)16(24)21-8-10-22(11-9-21)17-18-6-3-7-19-17/h2-7,12H,8-11H2,1H3,(H,20,23). The minimum absolute atomic E-state index is 0.471. The molecule has 0 saturated carbocycles. The zero-order valence-corrected chi connectivity index (χ0v) is 13.5. The van der Waals surface area contributed by atoms with E-state index in [0.29, 0.717) is 37.8 Å². The number of benzene rings is 1. The van der Waals surface area contributed by atoms with Crippen molar-refractivity contribution in [1.82, 2.24) is 14.9 Å². The van der Waals surface area contributed by atoms with Crippen LogP contribution in [0.1, 0.15) is 5.56 Å². The highest BCUT2D eigenvalue weighted by Gasteiger charge is 2.26. The summed E-state index contributed by atoms with van der Waals surface area (Å²) in [4.78, 5) is 36.4. The van der Waals surface area contributed by atoms with Crippen LogP contribution in [0, 0.1) is 6.92 Å². The van der Waals surface area contributed by atoms with Crippen LogP contribution in [0.2, 0.25) is 0 Å². The van der Waals surface area contributed by atoms with Crippen LogP contribution in [-0.2, 0) is 9.59 Å². The van der Waals surface area contributed by atoms with Crippen LogP contribution in [0.25, 0.3) is 0 Å². The average molecular weight is 325 g/mol. The summed E-state index contributed by atoms with van der Waals surface area (Å²) in [5.41, 5.74) is 1.65. The molecule has 0 atom stereocenters. The van der Waals surface area contributed by atoms with Gasteiger partial charge in [-0.25, -0.2) is 9.97 Å². The second kappa shape index (κ2) is 7.08.